The lowest BCUT2D eigenvalue weighted by molar-refractivity contribution is 0.0599. The van der Waals surface area contributed by atoms with Crippen molar-refractivity contribution in [2.75, 3.05) is 37.0 Å². The van der Waals surface area contributed by atoms with E-state index in [1.54, 1.807) is 19.1 Å². The standard InChI is InChI=1S/C23H29N3O4/c1-14-7-9-18(23(29)30-4)16(3)20(14)25-22(28)21-15(2)8-10-19(24-21)26-11-5-6-17(12-26)13-27/h7-10,17,27H,5-6,11-13H2,1-4H3,(H,25,28). The quantitative estimate of drug-likeness (QED) is 0.734. The predicted molar refractivity (Wildman–Crippen MR) is 116 cm³/mol. The van der Waals surface area contributed by atoms with E-state index in [0.717, 1.165) is 42.9 Å². The van der Waals surface area contributed by atoms with E-state index in [-0.39, 0.29) is 18.4 Å². The van der Waals surface area contributed by atoms with Crippen molar-refractivity contribution in [2.45, 2.75) is 33.6 Å². The largest absolute Gasteiger partial charge is 0.465 e. The zero-order valence-corrected chi connectivity index (χ0v) is 18.0. The normalized spacial score (nSPS) is 16.3. The summed E-state index contributed by atoms with van der Waals surface area (Å²) < 4.78 is 4.83. The molecule has 0 radical (unpaired) electrons. The summed E-state index contributed by atoms with van der Waals surface area (Å²) in [5.41, 5.74) is 3.63. The number of pyridine rings is 1. The number of hydrogen-bond acceptors (Lipinski definition) is 6. The van der Waals surface area contributed by atoms with E-state index < -0.39 is 5.97 Å². The molecule has 1 aromatic carbocycles. The molecule has 1 aliphatic heterocycles. The van der Waals surface area contributed by atoms with Crippen LogP contribution in [0, 0.1) is 26.7 Å². The number of aromatic nitrogens is 1. The van der Waals surface area contributed by atoms with E-state index >= 15 is 0 Å². The first-order valence-corrected chi connectivity index (χ1v) is 10.2. The van der Waals surface area contributed by atoms with Crippen LogP contribution in [0.15, 0.2) is 24.3 Å². The fourth-order valence-electron chi connectivity index (χ4n) is 3.89. The molecule has 1 aromatic heterocycles. The van der Waals surface area contributed by atoms with Gasteiger partial charge in [0.15, 0.2) is 0 Å². The molecule has 3 rings (SSSR count). The number of anilines is 2. The molecule has 2 N–H and O–H groups in total. The van der Waals surface area contributed by atoms with Crippen molar-refractivity contribution in [2.24, 2.45) is 5.92 Å². The Morgan fingerprint density at radius 3 is 2.63 bits per heavy atom. The van der Waals surface area contributed by atoms with E-state index in [2.05, 4.69) is 15.2 Å². The zero-order chi connectivity index (χ0) is 21.8. The summed E-state index contributed by atoms with van der Waals surface area (Å²) in [5, 5.41) is 12.4. The number of esters is 1. The minimum absolute atomic E-state index is 0.158. The van der Waals surface area contributed by atoms with Crippen molar-refractivity contribution in [3.63, 3.8) is 0 Å². The molecule has 0 bridgehead atoms. The third-order valence-corrected chi connectivity index (χ3v) is 5.72. The number of rotatable bonds is 5. The summed E-state index contributed by atoms with van der Waals surface area (Å²) in [6, 6.07) is 7.29. The number of nitrogens with zero attached hydrogens (tertiary/aromatic N) is 2. The van der Waals surface area contributed by atoms with Crippen LogP contribution in [-0.2, 0) is 4.74 Å². The average molecular weight is 412 g/mol. The van der Waals surface area contributed by atoms with E-state index in [0.29, 0.717) is 22.5 Å². The van der Waals surface area contributed by atoms with Gasteiger partial charge in [-0.2, -0.15) is 0 Å². The second kappa shape index (κ2) is 9.26. The molecule has 0 aliphatic carbocycles. The van der Waals surface area contributed by atoms with Crippen LogP contribution in [0.4, 0.5) is 11.5 Å². The summed E-state index contributed by atoms with van der Waals surface area (Å²) in [6.07, 6.45) is 1.99. The van der Waals surface area contributed by atoms with Crippen LogP contribution in [0.25, 0.3) is 0 Å². The lowest BCUT2D eigenvalue weighted by Crippen LogP contribution is -2.37. The first kappa shape index (κ1) is 21.8. The molecule has 1 atom stereocenters. The van der Waals surface area contributed by atoms with Gasteiger partial charge < -0.3 is 20.1 Å². The van der Waals surface area contributed by atoms with Crippen LogP contribution < -0.4 is 10.2 Å². The zero-order valence-electron chi connectivity index (χ0n) is 18.0. The first-order chi connectivity index (χ1) is 14.3. The smallest absolute Gasteiger partial charge is 0.338 e. The summed E-state index contributed by atoms with van der Waals surface area (Å²) in [5.74, 6) is 0.201. The number of aryl methyl sites for hydroxylation is 2. The monoisotopic (exact) mass is 411 g/mol. The van der Waals surface area contributed by atoms with E-state index in [1.165, 1.54) is 7.11 Å². The highest BCUT2D eigenvalue weighted by Crippen LogP contribution is 2.26. The highest BCUT2D eigenvalue weighted by Gasteiger charge is 2.23. The van der Waals surface area contributed by atoms with Crippen molar-refractivity contribution < 1.29 is 19.4 Å². The van der Waals surface area contributed by atoms with Gasteiger partial charge in [-0.1, -0.05) is 12.1 Å². The van der Waals surface area contributed by atoms with Crippen molar-refractivity contribution >= 4 is 23.4 Å². The summed E-state index contributed by atoms with van der Waals surface area (Å²) in [6.45, 7) is 7.26. The van der Waals surface area contributed by atoms with Gasteiger partial charge in [0, 0.05) is 25.4 Å². The Morgan fingerprint density at radius 1 is 1.20 bits per heavy atom. The molecule has 7 heteroatoms. The molecule has 1 aliphatic rings. The van der Waals surface area contributed by atoms with Gasteiger partial charge in [0.2, 0.25) is 0 Å². The van der Waals surface area contributed by atoms with Crippen LogP contribution in [0.1, 0.15) is 50.4 Å². The van der Waals surface area contributed by atoms with E-state index in [1.807, 2.05) is 26.0 Å². The summed E-state index contributed by atoms with van der Waals surface area (Å²) in [7, 11) is 1.33. The molecule has 30 heavy (non-hydrogen) atoms. The SMILES string of the molecule is COC(=O)c1ccc(C)c(NC(=O)c2nc(N3CCCC(CO)C3)ccc2C)c1C. The van der Waals surface area contributed by atoms with E-state index in [4.69, 9.17) is 4.74 Å². The van der Waals surface area contributed by atoms with Gasteiger partial charge in [0.25, 0.3) is 5.91 Å². The number of carbonyl (C=O) groups excluding carboxylic acids is 2. The molecule has 7 nitrogen and oxygen atoms in total. The lowest BCUT2D eigenvalue weighted by Gasteiger charge is -2.33. The van der Waals surface area contributed by atoms with Crippen molar-refractivity contribution in [1.29, 1.82) is 0 Å². The number of ether oxygens (including phenoxy) is 1. The van der Waals surface area contributed by atoms with Gasteiger partial charge in [0.1, 0.15) is 11.5 Å². The molecule has 160 valence electrons. The number of aliphatic hydroxyl groups is 1. The molecule has 2 heterocycles. The number of amides is 1. The molecule has 1 amide bonds. The van der Waals surface area contributed by atoms with Gasteiger partial charge in [0.05, 0.1) is 12.7 Å². The maximum Gasteiger partial charge on any atom is 0.338 e. The number of piperidine rings is 1. The summed E-state index contributed by atoms with van der Waals surface area (Å²) in [4.78, 5) is 31.9. The average Bonchev–Trinajstić information content (AvgIpc) is 2.76. The lowest BCUT2D eigenvalue weighted by atomic mass is 9.99. The van der Waals surface area contributed by atoms with Crippen molar-refractivity contribution in [3.8, 4) is 0 Å². The number of aliphatic hydroxyl groups excluding tert-OH is 1. The third kappa shape index (κ3) is 4.46. The Bertz CT molecular complexity index is 958. The van der Waals surface area contributed by atoms with Gasteiger partial charge in [-0.25, -0.2) is 9.78 Å². The fourth-order valence-corrected chi connectivity index (χ4v) is 3.89. The Labute approximate surface area is 177 Å². The Kier molecular flexibility index (Phi) is 6.72. The van der Waals surface area contributed by atoms with Crippen LogP contribution in [-0.4, -0.2) is 48.8 Å². The Balaban J connectivity index is 1.88. The molecule has 0 spiro atoms. The van der Waals surface area contributed by atoms with Crippen LogP contribution in [0.2, 0.25) is 0 Å². The number of methoxy groups -OCH3 is 1. The predicted octanol–water partition coefficient (Wildman–Crippen LogP) is 3.25. The molecule has 1 fully saturated rings. The van der Waals surface area contributed by atoms with Crippen LogP contribution in [0.5, 0.6) is 0 Å². The molecular weight excluding hydrogens is 382 g/mol. The molecule has 1 saturated heterocycles. The number of hydrogen-bond donors (Lipinski definition) is 2. The summed E-state index contributed by atoms with van der Waals surface area (Å²) >= 11 is 0. The van der Waals surface area contributed by atoms with Gasteiger partial charge in [-0.05, 0) is 68.4 Å². The van der Waals surface area contributed by atoms with Gasteiger partial charge in [-0.15, -0.1) is 0 Å². The highest BCUT2D eigenvalue weighted by atomic mass is 16.5. The van der Waals surface area contributed by atoms with Gasteiger partial charge >= 0.3 is 5.97 Å². The second-order valence-electron chi connectivity index (χ2n) is 7.85. The van der Waals surface area contributed by atoms with Gasteiger partial charge in [-0.3, -0.25) is 4.79 Å². The topological polar surface area (TPSA) is 91.8 Å². The van der Waals surface area contributed by atoms with Crippen LogP contribution in [0.3, 0.4) is 0 Å². The maximum absolute atomic E-state index is 13.1. The first-order valence-electron chi connectivity index (χ1n) is 10.2. The Hall–Kier alpha value is -2.93. The minimum atomic E-state index is -0.442. The second-order valence-corrected chi connectivity index (χ2v) is 7.85. The molecule has 1 unspecified atom stereocenters. The minimum Gasteiger partial charge on any atom is -0.465 e. The third-order valence-electron chi connectivity index (χ3n) is 5.72. The van der Waals surface area contributed by atoms with E-state index in [9.17, 15) is 14.7 Å². The maximum atomic E-state index is 13.1. The number of carbonyl (C=O) groups is 2. The Morgan fingerprint density at radius 2 is 1.93 bits per heavy atom. The van der Waals surface area contributed by atoms with Crippen LogP contribution >= 0.6 is 0 Å². The molecule has 0 saturated carbocycles. The molecular formula is C23H29N3O4. The number of nitrogens with one attached hydrogen (secondary N) is 1. The number of benzene rings is 1. The van der Waals surface area contributed by atoms with Crippen molar-refractivity contribution in [1.82, 2.24) is 4.98 Å². The highest BCUT2D eigenvalue weighted by molar-refractivity contribution is 6.06. The fraction of sp³-hybridized carbons (Fsp3) is 0.435. The van der Waals surface area contributed by atoms with Crippen molar-refractivity contribution in [3.05, 3.63) is 52.2 Å². The molecule has 2 aromatic rings.